The van der Waals surface area contributed by atoms with E-state index in [1.165, 1.54) is 116 Å². The monoisotopic (exact) mass is 692 g/mol. The van der Waals surface area contributed by atoms with Gasteiger partial charge in [-0.1, -0.05) is 162 Å². The fourth-order valence-electron chi connectivity index (χ4n) is 5.55. The Bertz CT molecular complexity index is 731. The summed E-state index contributed by atoms with van der Waals surface area (Å²) in [4.78, 5) is 24.6. The zero-order valence-electron chi connectivity index (χ0n) is 31.7. The Morgan fingerprint density at radius 3 is 1.40 bits per heavy atom. The first-order chi connectivity index (χ1) is 22.6. The topological polar surface area (TPSA) is 94.1 Å². The Balaban J connectivity index is 3.96. The summed E-state index contributed by atoms with van der Waals surface area (Å²) in [6.45, 7) is 5.36. The Labute approximate surface area is 291 Å². The second-order valence-electron chi connectivity index (χ2n) is 14.7. The minimum atomic E-state index is -4.50. The number of ether oxygens (including phenoxy) is 2. The normalized spacial score (nSPS) is 13.9. The van der Waals surface area contributed by atoms with Crippen LogP contribution in [0, 0.1) is 0 Å². The fraction of sp³-hybridized carbons (Fsp3) is 0.974. The highest BCUT2D eigenvalue weighted by atomic mass is 31.2. The van der Waals surface area contributed by atoms with Crippen molar-refractivity contribution in [1.29, 1.82) is 0 Å². The van der Waals surface area contributed by atoms with Crippen molar-refractivity contribution >= 4 is 13.8 Å². The van der Waals surface area contributed by atoms with Crippen molar-refractivity contribution in [3.63, 3.8) is 0 Å². The minimum Gasteiger partial charge on any atom is -0.756 e. The zero-order chi connectivity index (χ0) is 34.9. The molecule has 0 saturated carbocycles. The predicted molar refractivity (Wildman–Crippen MR) is 194 cm³/mol. The molecule has 0 aliphatic rings. The summed E-state index contributed by atoms with van der Waals surface area (Å²) in [5, 5.41) is 0. The van der Waals surface area contributed by atoms with Gasteiger partial charge in [0.2, 0.25) is 0 Å². The van der Waals surface area contributed by atoms with Crippen LogP contribution in [0.25, 0.3) is 0 Å². The molecular weight excluding hydrogens is 613 g/mol. The second-order valence-corrected chi connectivity index (χ2v) is 16.1. The quantitative estimate of drug-likeness (QED) is 0.0277. The molecule has 0 N–H and O–H groups in total. The van der Waals surface area contributed by atoms with Gasteiger partial charge in [0.1, 0.15) is 19.3 Å². The molecule has 2 unspecified atom stereocenters. The van der Waals surface area contributed by atoms with Crippen molar-refractivity contribution < 1.29 is 37.3 Å². The number of nitrogens with zero attached hydrogens (tertiary/aromatic N) is 1. The molecule has 0 amide bonds. The number of hydrogen-bond donors (Lipinski definition) is 0. The van der Waals surface area contributed by atoms with E-state index in [2.05, 4.69) is 13.8 Å². The van der Waals surface area contributed by atoms with E-state index in [1.807, 2.05) is 21.1 Å². The van der Waals surface area contributed by atoms with Gasteiger partial charge in [0.25, 0.3) is 7.82 Å². The molecule has 47 heavy (non-hydrogen) atoms. The number of quaternary nitrogens is 1. The molecule has 282 valence electrons. The number of unbranched alkanes of at least 4 members (excludes halogenated alkanes) is 23. The molecule has 0 bridgehead atoms. The third-order valence-corrected chi connectivity index (χ3v) is 9.62. The summed E-state index contributed by atoms with van der Waals surface area (Å²) in [5.41, 5.74) is 0. The minimum absolute atomic E-state index is 0.0302. The van der Waals surface area contributed by atoms with Crippen LogP contribution in [0.5, 0.6) is 0 Å². The average molecular weight is 692 g/mol. The van der Waals surface area contributed by atoms with Crippen LogP contribution in [0.3, 0.4) is 0 Å². The van der Waals surface area contributed by atoms with Crippen molar-refractivity contribution in [2.24, 2.45) is 0 Å². The third-order valence-electron chi connectivity index (χ3n) is 8.66. The Kier molecular flexibility index (Phi) is 32.3. The number of phosphoric acid groups is 1. The summed E-state index contributed by atoms with van der Waals surface area (Å²) in [6.07, 6.45) is 31.5. The smallest absolute Gasteiger partial charge is 0.306 e. The van der Waals surface area contributed by atoms with Gasteiger partial charge in [-0.15, -0.1) is 0 Å². The number of carbonyl (C=O) groups is 1. The molecule has 9 heteroatoms. The van der Waals surface area contributed by atoms with Gasteiger partial charge in [-0.3, -0.25) is 9.36 Å². The van der Waals surface area contributed by atoms with Crippen LogP contribution >= 0.6 is 7.82 Å². The highest BCUT2D eigenvalue weighted by Gasteiger charge is 2.20. The maximum atomic E-state index is 12.4. The number of phosphoric ester groups is 1. The average Bonchev–Trinajstić information content (AvgIpc) is 3.01. The van der Waals surface area contributed by atoms with Gasteiger partial charge in [-0.25, -0.2) is 0 Å². The first-order valence-corrected chi connectivity index (χ1v) is 21.2. The molecule has 0 aromatic rings. The van der Waals surface area contributed by atoms with Crippen LogP contribution in [0.1, 0.15) is 181 Å². The molecule has 0 aliphatic carbocycles. The summed E-state index contributed by atoms with van der Waals surface area (Å²) in [5.74, 6) is -0.343. The van der Waals surface area contributed by atoms with Gasteiger partial charge in [0, 0.05) is 13.0 Å². The van der Waals surface area contributed by atoms with Crippen molar-refractivity contribution in [3.8, 4) is 0 Å². The van der Waals surface area contributed by atoms with Crippen LogP contribution in [0.15, 0.2) is 0 Å². The van der Waals surface area contributed by atoms with Crippen LogP contribution in [0.4, 0.5) is 0 Å². The van der Waals surface area contributed by atoms with Gasteiger partial charge in [-0.2, -0.15) is 0 Å². The Morgan fingerprint density at radius 1 is 0.574 bits per heavy atom. The third kappa shape index (κ3) is 36.6. The number of carbonyl (C=O) groups excluding carboxylic acids is 1. The summed E-state index contributed by atoms with van der Waals surface area (Å²) < 4.78 is 34.2. The molecule has 0 aliphatic heterocycles. The lowest BCUT2D eigenvalue weighted by atomic mass is 10.0. The second kappa shape index (κ2) is 32.7. The molecule has 8 nitrogen and oxygen atoms in total. The number of likely N-dealkylation sites (N-methyl/N-ethyl adjacent to an activating group) is 1. The highest BCUT2D eigenvalue weighted by Crippen LogP contribution is 2.38. The van der Waals surface area contributed by atoms with Crippen LogP contribution < -0.4 is 4.89 Å². The first-order valence-electron chi connectivity index (χ1n) is 19.8. The van der Waals surface area contributed by atoms with E-state index in [4.69, 9.17) is 18.5 Å². The fourth-order valence-corrected chi connectivity index (χ4v) is 6.27. The van der Waals surface area contributed by atoms with Gasteiger partial charge in [0.05, 0.1) is 34.4 Å². The number of hydrogen-bond acceptors (Lipinski definition) is 7. The zero-order valence-corrected chi connectivity index (χ0v) is 32.6. The van der Waals surface area contributed by atoms with Crippen LogP contribution in [0.2, 0.25) is 0 Å². The van der Waals surface area contributed by atoms with Crippen LogP contribution in [-0.4, -0.2) is 70.7 Å². The summed E-state index contributed by atoms with van der Waals surface area (Å²) in [6, 6.07) is 0. The van der Waals surface area contributed by atoms with Gasteiger partial charge in [-0.05, 0) is 12.8 Å². The lowest BCUT2D eigenvalue weighted by molar-refractivity contribution is -0.870. The number of rotatable bonds is 37. The van der Waals surface area contributed by atoms with Gasteiger partial charge < -0.3 is 27.9 Å². The van der Waals surface area contributed by atoms with E-state index in [9.17, 15) is 14.3 Å². The van der Waals surface area contributed by atoms with E-state index in [1.54, 1.807) is 0 Å². The van der Waals surface area contributed by atoms with Gasteiger partial charge >= 0.3 is 5.97 Å². The van der Waals surface area contributed by atoms with Crippen molar-refractivity contribution in [2.45, 2.75) is 187 Å². The lowest BCUT2D eigenvalue weighted by Gasteiger charge is -2.28. The molecule has 0 aromatic carbocycles. The highest BCUT2D eigenvalue weighted by molar-refractivity contribution is 7.45. The predicted octanol–water partition coefficient (Wildman–Crippen LogP) is 10.3. The Hall–Kier alpha value is -0.500. The standard InChI is InChI=1S/C38H78NO7P/c1-6-8-10-12-13-14-15-16-17-18-19-20-21-22-23-24-25-26-28-30-33-43-35-37(46-38(40)31-29-27-11-9-7-2)36-45-47(41,42)44-34-32-39(3,4)5/h37H,6-36H2,1-5H3. The molecule has 0 saturated heterocycles. The first kappa shape index (κ1) is 46.5. The molecule has 0 spiro atoms. The maximum Gasteiger partial charge on any atom is 0.306 e. The number of esters is 1. The van der Waals surface area contributed by atoms with Crippen molar-refractivity contribution in [1.82, 2.24) is 0 Å². The molecule has 0 fully saturated rings. The SMILES string of the molecule is CCCCCCCCCCCCCCCCCCCCCCOCC(COP(=O)([O-])OCC[N+](C)(C)C)OC(=O)CCCCCCC. The largest absolute Gasteiger partial charge is 0.756 e. The van der Waals surface area contributed by atoms with E-state index in [0.717, 1.165) is 44.9 Å². The van der Waals surface area contributed by atoms with Crippen LogP contribution in [-0.2, 0) is 27.9 Å². The molecule has 0 aromatic heterocycles. The molecule has 0 radical (unpaired) electrons. The van der Waals surface area contributed by atoms with Crippen molar-refractivity contribution in [3.05, 3.63) is 0 Å². The van der Waals surface area contributed by atoms with E-state index < -0.39 is 13.9 Å². The van der Waals surface area contributed by atoms with Crippen molar-refractivity contribution in [2.75, 3.05) is 54.1 Å². The summed E-state index contributed by atoms with van der Waals surface area (Å²) >= 11 is 0. The van der Waals surface area contributed by atoms with Gasteiger partial charge in [0.15, 0.2) is 0 Å². The Morgan fingerprint density at radius 2 is 0.979 bits per heavy atom. The molecular formula is C38H78NO7P. The molecule has 0 heterocycles. The van der Waals surface area contributed by atoms with E-state index in [0.29, 0.717) is 24.1 Å². The summed E-state index contributed by atoms with van der Waals surface area (Å²) in [7, 11) is 1.37. The maximum absolute atomic E-state index is 12.4. The molecule has 2 atom stereocenters. The van der Waals surface area contributed by atoms with E-state index in [-0.39, 0.29) is 25.8 Å². The van der Waals surface area contributed by atoms with E-state index >= 15 is 0 Å². The molecule has 0 rings (SSSR count). The lowest BCUT2D eigenvalue weighted by Crippen LogP contribution is -2.37.